The van der Waals surface area contributed by atoms with Crippen LogP contribution in [0.5, 0.6) is 0 Å². The molecule has 1 saturated heterocycles. The van der Waals surface area contributed by atoms with Gasteiger partial charge >= 0.3 is 0 Å². The molecule has 0 bridgehead atoms. The Morgan fingerprint density at radius 1 is 1.38 bits per heavy atom. The van der Waals surface area contributed by atoms with E-state index >= 15 is 0 Å². The molecule has 1 aromatic carbocycles. The molecule has 1 fully saturated rings. The summed E-state index contributed by atoms with van der Waals surface area (Å²) >= 11 is 0. The van der Waals surface area contributed by atoms with Crippen LogP contribution in [0.25, 0.3) is 4.85 Å². The lowest BCUT2D eigenvalue weighted by Gasteiger charge is -2.40. The van der Waals surface area contributed by atoms with Crippen molar-refractivity contribution < 1.29 is 24.5 Å². The number of rotatable bonds is 5. The topological polar surface area (TPSA) is 84.5 Å². The largest absolute Gasteiger partial charge is 0.388 e. The van der Waals surface area contributed by atoms with E-state index in [1.807, 2.05) is 30.3 Å². The molecule has 5 atom stereocenters. The zero-order chi connectivity index (χ0) is 17.2. The van der Waals surface area contributed by atoms with E-state index in [1.54, 1.807) is 0 Å². The van der Waals surface area contributed by atoms with Crippen molar-refractivity contribution in [2.24, 2.45) is 0 Å². The fourth-order valence-corrected chi connectivity index (χ4v) is 3.17. The van der Waals surface area contributed by atoms with Crippen LogP contribution in [0, 0.1) is 6.57 Å². The van der Waals surface area contributed by atoms with Crippen LogP contribution in [0.4, 0.5) is 0 Å². The maximum absolute atomic E-state index is 10.3. The average molecular weight is 332 g/mol. The Morgan fingerprint density at radius 2 is 2.12 bits per heavy atom. The lowest BCUT2D eigenvalue weighted by Crippen LogP contribution is -2.61. The first-order valence-electron chi connectivity index (χ1n) is 7.68. The molecule has 2 unspecified atom stereocenters. The number of nitrogens with one attached hydrogen (secondary N) is 1. The molecule has 0 saturated carbocycles. The van der Waals surface area contributed by atoms with Crippen molar-refractivity contribution in [2.45, 2.75) is 43.2 Å². The van der Waals surface area contributed by atoms with Gasteiger partial charge in [-0.15, -0.1) is 0 Å². The minimum atomic E-state index is -1.18. The number of hydrogen-bond donors (Lipinski definition) is 3. The lowest BCUT2D eigenvalue weighted by atomic mass is 9.79. The summed E-state index contributed by atoms with van der Waals surface area (Å²) in [6.07, 6.45) is -2.16. The van der Waals surface area contributed by atoms with Crippen LogP contribution in [0.3, 0.4) is 0 Å². The first-order chi connectivity index (χ1) is 11.6. The van der Waals surface area contributed by atoms with Gasteiger partial charge in [0.1, 0.15) is 17.7 Å². The maximum Gasteiger partial charge on any atom is 0.189 e. The van der Waals surface area contributed by atoms with E-state index in [4.69, 9.17) is 20.9 Å². The SMILES string of the molecule is [C-]#[N+]C1=CC(O)[C@@H](O)C2O[C@H](OC)C[C@]12NOCc1ccccc1. The standard InChI is InChI=1S/C17H20N2O5/c1-18-13-8-12(20)15(21)16-17(13,9-14(22-2)24-16)19-23-10-11-6-4-3-5-7-11/h3-8,12,14-16,19-21H,9-10H2,2H3/t12?,14-,15+,16?,17-/m0/s1. The molecule has 128 valence electrons. The highest BCUT2D eigenvalue weighted by Crippen LogP contribution is 2.43. The van der Waals surface area contributed by atoms with E-state index in [1.165, 1.54) is 13.2 Å². The van der Waals surface area contributed by atoms with Crippen molar-refractivity contribution in [2.75, 3.05) is 7.11 Å². The summed E-state index contributed by atoms with van der Waals surface area (Å²) in [4.78, 5) is 9.11. The van der Waals surface area contributed by atoms with Crippen molar-refractivity contribution in [3.63, 3.8) is 0 Å². The lowest BCUT2D eigenvalue weighted by molar-refractivity contribution is -0.164. The molecule has 3 N–H and O–H groups in total. The van der Waals surface area contributed by atoms with Crippen molar-refractivity contribution in [3.05, 3.63) is 59.1 Å². The highest BCUT2D eigenvalue weighted by atomic mass is 16.7. The first-order valence-corrected chi connectivity index (χ1v) is 7.68. The fraction of sp³-hybridized carbons (Fsp3) is 0.471. The van der Waals surface area contributed by atoms with Gasteiger partial charge in [-0.1, -0.05) is 36.4 Å². The molecular weight excluding hydrogens is 312 g/mol. The van der Waals surface area contributed by atoms with Crippen molar-refractivity contribution >= 4 is 0 Å². The zero-order valence-electron chi connectivity index (χ0n) is 13.3. The Labute approximate surface area is 140 Å². The third kappa shape index (κ3) is 2.96. The van der Waals surface area contributed by atoms with Crippen LogP contribution in [0.2, 0.25) is 0 Å². The van der Waals surface area contributed by atoms with Crippen molar-refractivity contribution in [1.29, 1.82) is 0 Å². The molecule has 0 aromatic heterocycles. The maximum atomic E-state index is 10.3. The quantitative estimate of drug-likeness (QED) is 0.545. The molecule has 7 heteroatoms. The smallest absolute Gasteiger partial charge is 0.189 e. The average Bonchev–Trinajstić information content (AvgIpc) is 2.99. The number of hydrogen-bond acceptors (Lipinski definition) is 6. The highest BCUT2D eigenvalue weighted by molar-refractivity contribution is 5.36. The molecule has 7 nitrogen and oxygen atoms in total. The Bertz CT molecular complexity index is 644. The second kappa shape index (κ2) is 6.99. The van der Waals surface area contributed by atoms with Crippen LogP contribution < -0.4 is 5.48 Å². The predicted molar refractivity (Wildman–Crippen MR) is 84.1 cm³/mol. The normalized spacial score (nSPS) is 35.2. The van der Waals surface area contributed by atoms with Gasteiger partial charge in [-0.3, -0.25) is 4.84 Å². The number of benzene rings is 1. The molecule has 24 heavy (non-hydrogen) atoms. The summed E-state index contributed by atoms with van der Waals surface area (Å²) < 4.78 is 10.9. The molecule has 3 rings (SSSR count). The molecule has 1 aliphatic heterocycles. The van der Waals surface area contributed by atoms with Gasteiger partial charge in [0.2, 0.25) is 0 Å². The molecular formula is C17H20N2O5. The summed E-state index contributed by atoms with van der Waals surface area (Å²) in [7, 11) is 1.49. The van der Waals surface area contributed by atoms with Gasteiger partial charge < -0.3 is 19.7 Å². The third-order valence-electron chi connectivity index (χ3n) is 4.44. The number of aliphatic hydroxyl groups excluding tert-OH is 2. The van der Waals surface area contributed by atoms with E-state index in [0.717, 1.165) is 5.56 Å². The number of hydroxylamine groups is 1. The van der Waals surface area contributed by atoms with Crippen LogP contribution >= 0.6 is 0 Å². The van der Waals surface area contributed by atoms with E-state index in [0.29, 0.717) is 6.42 Å². The molecule has 0 radical (unpaired) electrons. The van der Waals surface area contributed by atoms with Crippen LogP contribution in [-0.2, 0) is 20.9 Å². The summed E-state index contributed by atoms with van der Waals surface area (Å²) in [6.45, 7) is 7.71. The summed E-state index contributed by atoms with van der Waals surface area (Å²) in [6, 6.07) is 9.57. The number of ether oxygens (including phenoxy) is 2. The Hall–Kier alpha value is -1.79. The molecule has 0 spiro atoms. The van der Waals surface area contributed by atoms with Crippen molar-refractivity contribution in [1.82, 2.24) is 5.48 Å². The van der Waals surface area contributed by atoms with Gasteiger partial charge in [0, 0.05) is 13.5 Å². The monoisotopic (exact) mass is 332 g/mol. The van der Waals surface area contributed by atoms with Crippen molar-refractivity contribution in [3.8, 4) is 0 Å². The summed E-state index contributed by atoms with van der Waals surface area (Å²) in [5.41, 5.74) is 3.05. The van der Waals surface area contributed by atoms with Crippen LogP contribution in [0.1, 0.15) is 12.0 Å². The first kappa shape index (κ1) is 17.0. The van der Waals surface area contributed by atoms with Gasteiger partial charge in [-0.05, 0) is 5.56 Å². The molecule has 1 aromatic rings. The Morgan fingerprint density at radius 3 is 2.79 bits per heavy atom. The molecule has 1 aliphatic carbocycles. The molecule has 2 aliphatic rings. The van der Waals surface area contributed by atoms with Gasteiger partial charge in [0.25, 0.3) is 0 Å². The molecule has 1 heterocycles. The minimum Gasteiger partial charge on any atom is -0.388 e. The minimum absolute atomic E-state index is 0.248. The predicted octanol–water partition coefficient (Wildman–Crippen LogP) is 0.747. The third-order valence-corrected chi connectivity index (χ3v) is 4.44. The second-order valence-electron chi connectivity index (χ2n) is 5.92. The fourth-order valence-electron chi connectivity index (χ4n) is 3.17. The van der Waals surface area contributed by atoms with E-state index in [2.05, 4.69) is 10.3 Å². The van der Waals surface area contributed by atoms with E-state index < -0.39 is 30.1 Å². The number of fused-ring (bicyclic) bond motifs is 1. The van der Waals surface area contributed by atoms with Gasteiger partial charge in [0.05, 0.1) is 19.3 Å². The molecule has 0 amide bonds. The highest BCUT2D eigenvalue weighted by Gasteiger charge is 2.59. The summed E-state index contributed by atoms with van der Waals surface area (Å²) in [5, 5.41) is 20.2. The van der Waals surface area contributed by atoms with Gasteiger partial charge in [-0.25, -0.2) is 4.85 Å². The van der Waals surface area contributed by atoms with E-state index in [9.17, 15) is 10.2 Å². The zero-order valence-corrected chi connectivity index (χ0v) is 13.3. The number of nitrogens with zero attached hydrogens (tertiary/aromatic N) is 1. The van der Waals surface area contributed by atoms with E-state index in [-0.39, 0.29) is 12.3 Å². The van der Waals surface area contributed by atoms with Crippen LogP contribution in [0.15, 0.2) is 42.1 Å². The Balaban J connectivity index is 1.82. The van der Waals surface area contributed by atoms with Crippen LogP contribution in [-0.4, -0.2) is 47.5 Å². The summed E-state index contributed by atoms with van der Waals surface area (Å²) in [5.74, 6) is 0. The number of aliphatic hydroxyl groups is 2. The Kier molecular flexibility index (Phi) is 4.96. The number of methoxy groups -OCH3 is 1. The second-order valence-corrected chi connectivity index (χ2v) is 5.92. The van der Waals surface area contributed by atoms with Gasteiger partial charge in [-0.2, -0.15) is 5.48 Å². The van der Waals surface area contributed by atoms with Gasteiger partial charge in [0.15, 0.2) is 12.0 Å².